The maximum atomic E-state index is 5.70. The predicted octanol–water partition coefficient (Wildman–Crippen LogP) is 2.96. The molecule has 110 valence electrons. The first-order valence-electron chi connectivity index (χ1n) is 6.72. The van der Waals surface area contributed by atoms with Crippen molar-refractivity contribution in [3.05, 3.63) is 53.2 Å². The molecule has 21 heavy (non-hydrogen) atoms. The molecule has 0 amide bonds. The maximum Gasteiger partial charge on any atom is 0.131 e. The molecule has 0 aliphatic heterocycles. The molecule has 2 aromatic rings. The zero-order valence-corrected chi connectivity index (χ0v) is 13.0. The summed E-state index contributed by atoms with van der Waals surface area (Å²) in [5.74, 6) is 0.739. The van der Waals surface area contributed by atoms with Gasteiger partial charge in [-0.1, -0.05) is 30.4 Å². The molecule has 0 saturated heterocycles. The molecule has 0 radical (unpaired) electrons. The second-order valence-electron chi connectivity index (χ2n) is 4.77. The fourth-order valence-corrected chi connectivity index (χ4v) is 2.20. The number of hydrogen-bond acceptors (Lipinski definition) is 4. The molecule has 0 atom stereocenters. The Bertz CT molecular complexity index is 643. The molecule has 5 heteroatoms. The van der Waals surface area contributed by atoms with Gasteiger partial charge < -0.3 is 15.8 Å². The van der Waals surface area contributed by atoms with Crippen LogP contribution in [0.5, 0.6) is 0 Å². The molecule has 0 bridgehead atoms. The van der Waals surface area contributed by atoms with Crippen molar-refractivity contribution in [3.63, 3.8) is 0 Å². The molecular weight excluding hydrogens is 282 g/mol. The number of aromatic nitrogens is 1. The van der Waals surface area contributed by atoms with Gasteiger partial charge in [0.2, 0.25) is 0 Å². The summed E-state index contributed by atoms with van der Waals surface area (Å²) in [6.07, 6.45) is 0.841. The van der Waals surface area contributed by atoms with E-state index in [1.807, 2.05) is 37.3 Å². The second kappa shape index (κ2) is 7.15. The average molecular weight is 301 g/mol. The standard InChI is InChI=1S/C16H19N3OS/c1-11-9-13(16(17)21)10-15(18-11)19-14-6-4-3-5-12(14)7-8-20-2/h3-6,9-10H,7-8H2,1-2H3,(H2,17,21)(H,18,19). The first-order chi connectivity index (χ1) is 10.1. The van der Waals surface area contributed by atoms with E-state index in [1.54, 1.807) is 7.11 Å². The van der Waals surface area contributed by atoms with Crippen LogP contribution < -0.4 is 11.1 Å². The van der Waals surface area contributed by atoms with E-state index in [1.165, 1.54) is 5.56 Å². The minimum atomic E-state index is 0.371. The Hall–Kier alpha value is -1.98. The van der Waals surface area contributed by atoms with Crippen molar-refractivity contribution in [2.75, 3.05) is 19.0 Å². The summed E-state index contributed by atoms with van der Waals surface area (Å²) in [6, 6.07) is 11.8. The summed E-state index contributed by atoms with van der Waals surface area (Å²) in [6.45, 7) is 2.60. The summed E-state index contributed by atoms with van der Waals surface area (Å²) < 4.78 is 5.14. The number of anilines is 2. The van der Waals surface area contributed by atoms with E-state index in [0.717, 1.165) is 29.2 Å². The molecule has 0 fully saturated rings. The third-order valence-corrected chi connectivity index (χ3v) is 3.33. The molecule has 1 aromatic carbocycles. The van der Waals surface area contributed by atoms with Gasteiger partial charge in [0.1, 0.15) is 10.8 Å². The van der Waals surface area contributed by atoms with Crippen LogP contribution in [-0.2, 0) is 11.2 Å². The summed E-state index contributed by atoms with van der Waals surface area (Å²) >= 11 is 5.03. The zero-order valence-electron chi connectivity index (χ0n) is 12.2. The van der Waals surface area contributed by atoms with Crippen molar-refractivity contribution in [2.45, 2.75) is 13.3 Å². The Balaban J connectivity index is 2.27. The monoisotopic (exact) mass is 301 g/mol. The van der Waals surface area contributed by atoms with Gasteiger partial charge in [-0.2, -0.15) is 0 Å². The lowest BCUT2D eigenvalue weighted by Gasteiger charge is -2.12. The maximum absolute atomic E-state index is 5.70. The Morgan fingerprint density at radius 3 is 2.81 bits per heavy atom. The van der Waals surface area contributed by atoms with Crippen LogP contribution in [0.15, 0.2) is 36.4 Å². The summed E-state index contributed by atoms with van der Waals surface area (Å²) in [5.41, 5.74) is 9.58. The quantitative estimate of drug-likeness (QED) is 0.803. The highest BCUT2D eigenvalue weighted by Crippen LogP contribution is 2.21. The fourth-order valence-electron chi connectivity index (χ4n) is 2.09. The van der Waals surface area contributed by atoms with E-state index in [0.29, 0.717) is 11.6 Å². The highest BCUT2D eigenvalue weighted by molar-refractivity contribution is 7.80. The number of rotatable bonds is 6. The molecule has 0 unspecified atom stereocenters. The highest BCUT2D eigenvalue weighted by Gasteiger charge is 2.06. The van der Waals surface area contributed by atoms with Crippen LogP contribution in [0.1, 0.15) is 16.8 Å². The molecule has 1 aromatic heterocycles. The molecule has 3 N–H and O–H groups in total. The number of aryl methyl sites for hydroxylation is 1. The van der Waals surface area contributed by atoms with E-state index < -0.39 is 0 Å². The van der Waals surface area contributed by atoms with Crippen LogP contribution in [0.25, 0.3) is 0 Å². The second-order valence-corrected chi connectivity index (χ2v) is 5.21. The van der Waals surface area contributed by atoms with Crippen LogP contribution >= 0.6 is 12.2 Å². The number of thiocarbonyl (C=S) groups is 1. The van der Waals surface area contributed by atoms with E-state index in [4.69, 9.17) is 22.7 Å². The van der Waals surface area contributed by atoms with Crippen LogP contribution in [0.2, 0.25) is 0 Å². The van der Waals surface area contributed by atoms with Gasteiger partial charge in [-0.25, -0.2) is 4.98 Å². The van der Waals surface area contributed by atoms with Gasteiger partial charge in [0, 0.05) is 24.1 Å². The van der Waals surface area contributed by atoms with Gasteiger partial charge in [0.15, 0.2) is 0 Å². The lowest BCUT2D eigenvalue weighted by molar-refractivity contribution is 0.202. The van der Waals surface area contributed by atoms with Crippen LogP contribution in [-0.4, -0.2) is 23.7 Å². The number of nitrogens with zero attached hydrogens (tertiary/aromatic N) is 1. The van der Waals surface area contributed by atoms with E-state index >= 15 is 0 Å². The minimum Gasteiger partial charge on any atom is -0.389 e. The number of para-hydroxylation sites is 1. The van der Waals surface area contributed by atoms with Crippen LogP contribution in [0.3, 0.4) is 0 Å². The lowest BCUT2D eigenvalue weighted by Crippen LogP contribution is -2.11. The van der Waals surface area contributed by atoms with Crippen molar-refractivity contribution in [3.8, 4) is 0 Å². The van der Waals surface area contributed by atoms with Crippen LogP contribution in [0.4, 0.5) is 11.5 Å². The highest BCUT2D eigenvalue weighted by atomic mass is 32.1. The Morgan fingerprint density at radius 2 is 2.10 bits per heavy atom. The topological polar surface area (TPSA) is 60.2 Å². The first-order valence-corrected chi connectivity index (χ1v) is 7.13. The van der Waals surface area contributed by atoms with E-state index in [9.17, 15) is 0 Å². The molecule has 0 aliphatic rings. The van der Waals surface area contributed by atoms with Gasteiger partial charge in [0.25, 0.3) is 0 Å². The Labute approximate surface area is 130 Å². The SMILES string of the molecule is COCCc1ccccc1Nc1cc(C(N)=S)cc(C)n1. The normalized spacial score (nSPS) is 10.4. The molecule has 0 aliphatic carbocycles. The molecule has 1 heterocycles. The number of hydrogen-bond donors (Lipinski definition) is 2. The molecule has 0 saturated carbocycles. The third kappa shape index (κ3) is 4.24. The summed E-state index contributed by atoms with van der Waals surface area (Å²) in [5, 5.41) is 3.34. The van der Waals surface area contributed by atoms with Crippen molar-refractivity contribution < 1.29 is 4.74 Å². The van der Waals surface area contributed by atoms with E-state index in [-0.39, 0.29) is 0 Å². The number of methoxy groups -OCH3 is 1. The van der Waals surface area contributed by atoms with Crippen LogP contribution in [0, 0.1) is 6.92 Å². The van der Waals surface area contributed by atoms with Crippen molar-refractivity contribution in [1.82, 2.24) is 4.98 Å². The van der Waals surface area contributed by atoms with Gasteiger partial charge in [-0.15, -0.1) is 0 Å². The van der Waals surface area contributed by atoms with E-state index in [2.05, 4.69) is 16.4 Å². The third-order valence-electron chi connectivity index (χ3n) is 3.09. The zero-order chi connectivity index (χ0) is 15.2. The smallest absolute Gasteiger partial charge is 0.131 e. The van der Waals surface area contributed by atoms with Gasteiger partial charge in [0.05, 0.1) is 6.61 Å². The number of pyridine rings is 1. The largest absolute Gasteiger partial charge is 0.389 e. The number of nitrogens with two attached hydrogens (primary N) is 1. The number of ether oxygens (including phenoxy) is 1. The number of benzene rings is 1. The number of nitrogens with one attached hydrogen (secondary N) is 1. The molecular formula is C16H19N3OS. The van der Waals surface area contributed by atoms with Crippen molar-refractivity contribution >= 4 is 28.7 Å². The van der Waals surface area contributed by atoms with Gasteiger partial charge in [-0.05, 0) is 37.1 Å². The molecule has 4 nitrogen and oxygen atoms in total. The average Bonchev–Trinajstić information content (AvgIpc) is 2.45. The Kier molecular flexibility index (Phi) is 5.25. The fraction of sp³-hybridized carbons (Fsp3) is 0.250. The minimum absolute atomic E-state index is 0.371. The van der Waals surface area contributed by atoms with Crippen molar-refractivity contribution in [2.24, 2.45) is 5.73 Å². The summed E-state index contributed by atoms with van der Waals surface area (Å²) in [7, 11) is 1.70. The predicted molar refractivity (Wildman–Crippen MR) is 90.2 cm³/mol. The lowest BCUT2D eigenvalue weighted by atomic mass is 10.1. The molecule has 0 spiro atoms. The molecule has 2 rings (SSSR count). The van der Waals surface area contributed by atoms with Gasteiger partial charge in [-0.3, -0.25) is 0 Å². The van der Waals surface area contributed by atoms with Crippen molar-refractivity contribution in [1.29, 1.82) is 0 Å². The first kappa shape index (κ1) is 15.4. The van der Waals surface area contributed by atoms with Gasteiger partial charge >= 0.3 is 0 Å². The summed E-state index contributed by atoms with van der Waals surface area (Å²) in [4.78, 5) is 4.85. The Morgan fingerprint density at radius 1 is 1.33 bits per heavy atom.